The van der Waals surface area contributed by atoms with Gasteiger partial charge in [-0.1, -0.05) is 37.6 Å². The van der Waals surface area contributed by atoms with Gasteiger partial charge in [0.15, 0.2) is 5.13 Å². The molecule has 0 aliphatic carbocycles. The number of amides is 1. The first kappa shape index (κ1) is 16.3. The topological polar surface area (TPSA) is 42.0 Å². The van der Waals surface area contributed by atoms with Gasteiger partial charge in [-0.2, -0.15) is 0 Å². The van der Waals surface area contributed by atoms with E-state index < -0.39 is 0 Å². The van der Waals surface area contributed by atoms with Crippen LogP contribution in [0.4, 0.5) is 5.13 Å². The molecule has 1 aromatic carbocycles. The average Bonchev–Trinajstić information content (AvgIpc) is 2.83. The molecule has 1 aromatic heterocycles. The monoisotopic (exact) mass is 340 g/mol. The molecule has 0 atom stereocenters. The molecule has 1 N–H and O–H groups in total. The summed E-state index contributed by atoms with van der Waals surface area (Å²) in [7, 11) is 0. The number of carbonyl (C=O) groups is 1. The number of thioether (sulfide) groups is 1. The van der Waals surface area contributed by atoms with Gasteiger partial charge < -0.3 is 5.32 Å². The molecular weight excluding hydrogens is 324 g/mol. The van der Waals surface area contributed by atoms with Crippen LogP contribution in [0, 0.1) is 0 Å². The van der Waals surface area contributed by atoms with Crippen molar-refractivity contribution >= 4 is 45.7 Å². The third kappa shape index (κ3) is 5.69. The number of nitrogens with zero attached hydrogens (tertiary/aromatic N) is 1. The minimum atomic E-state index is -0.00245. The molecule has 21 heavy (non-hydrogen) atoms. The fourth-order valence-electron chi connectivity index (χ4n) is 1.69. The van der Waals surface area contributed by atoms with Gasteiger partial charge in [-0.15, -0.1) is 23.1 Å². The maximum Gasteiger partial charge on any atom is 0.236 e. The van der Waals surface area contributed by atoms with Gasteiger partial charge in [-0.05, 0) is 22.9 Å². The molecule has 0 spiro atoms. The van der Waals surface area contributed by atoms with Gasteiger partial charge in [-0.3, -0.25) is 4.79 Å². The van der Waals surface area contributed by atoms with Gasteiger partial charge >= 0.3 is 0 Å². The Labute approximate surface area is 138 Å². The molecule has 112 valence electrons. The van der Waals surface area contributed by atoms with Crippen LogP contribution in [0.25, 0.3) is 0 Å². The maximum absolute atomic E-state index is 11.7. The molecule has 6 heteroatoms. The van der Waals surface area contributed by atoms with E-state index >= 15 is 0 Å². The highest BCUT2D eigenvalue weighted by Gasteiger charge is 2.08. The summed E-state index contributed by atoms with van der Waals surface area (Å²) in [6.07, 6.45) is 2.58. The van der Waals surface area contributed by atoms with Crippen LogP contribution in [0.15, 0.2) is 30.5 Å². The van der Waals surface area contributed by atoms with E-state index in [1.807, 2.05) is 24.3 Å². The van der Waals surface area contributed by atoms with Crippen molar-refractivity contribution in [1.29, 1.82) is 0 Å². The van der Waals surface area contributed by atoms with E-state index in [2.05, 4.69) is 24.1 Å². The first-order chi connectivity index (χ1) is 10.0. The number of benzene rings is 1. The number of nitrogens with one attached hydrogen (secondary N) is 1. The molecule has 0 saturated carbocycles. The summed E-state index contributed by atoms with van der Waals surface area (Å²) in [6.45, 7) is 4.15. The number of thiazole rings is 1. The van der Waals surface area contributed by atoms with Crippen molar-refractivity contribution in [2.75, 3.05) is 11.1 Å². The second-order valence-electron chi connectivity index (χ2n) is 4.85. The number of hydrogen-bond donors (Lipinski definition) is 1. The van der Waals surface area contributed by atoms with Crippen molar-refractivity contribution in [3.8, 4) is 0 Å². The average molecular weight is 341 g/mol. The summed E-state index contributed by atoms with van der Waals surface area (Å²) in [5.41, 5.74) is 1.14. The maximum atomic E-state index is 11.7. The summed E-state index contributed by atoms with van der Waals surface area (Å²) < 4.78 is 0. The Kier molecular flexibility index (Phi) is 6.08. The van der Waals surface area contributed by atoms with Gasteiger partial charge in [0.2, 0.25) is 5.91 Å². The van der Waals surface area contributed by atoms with Gasteiger partial charge in [0.05, 0.1) is 5.75 Å². The van der Waals surface area contributed by atoms with Crippen LogP contribution in [0.3, 0.4) is 0 Å². The van der Waals surface area contributed by atoms with Crippen molar-refractivity contribution < 1.29 is 4.79 Å². The first-order valence-electron chi connectivity index (χ1n) is 6.63. The summed E-state index contributed by atoms with van der Waals surface area (Å²) in [5, 5.41) is 4.67. The fraction of sp³-hybridized carbons (Fsp3) is 0.333. The minimum absolute atomic E-state index is 0.00245. The number of halogens is 1. The predicted octanol–water partition coefficient (Wildman–Crippen LogP) is 4.47. The predicted molar refractivity (Wildman–Crippen MR) is 92.6 cm³/mol. The van der Waals surface area contributed by atoms with Gasteiger partial charge in [0, 0.05) is 22.5 Å². The highest BCUT2D eigenvalue weighted by molar-refractivity contribution is 8.00. The van der Waals surface area contributed by atoms with Crippen LogP contribution in [0.5, 0.6) is 0 Å². The quantitative estimate of drug-likeness (QED) is 0.843. The molecule has 0 radical (unpaired) electrons. The van der Waals surface area contributed by atoms with Crippen molar-refractivity contribution in [1.82, 2.24) is 4.98 Å². The van der Waals surface area contributed by atoms with Crippen molar-refractivity contribution in [2.45, 2.75) is 25.5 Å². The Morgan fingerprint density at radius 1 is 1.48 bits per heavy atom. The molecule has 2 aromatic rings. The van der Waals surface area contributed by atoms with Crippen LogP contribution in [0.2, 0.25) is 5.02 Å². The smallest absolute Gasteiger partial charge is 0.236 e. The lowest BCUT2D eigenvalue weighted by molar-refractivity contribution is -0.113. The molecule has 0 fully saturated rings. The van der Waals surface area contributed by atoms with Crippen molar-refractivity contribution in [3.63, 3.8) is 0 Å². The molecule has 3 nitrogen and oxygen atoms in total. The molecule has 0 bridgehead atoms. The molecule has 1 amide bonds. The highest BCUT2D eigenvalue weighted by Crippen LogP contribution is 2.22. The van der Waals surface area contributed by atoms with E-state index in [1.54, 1.807) is 18.0 Å². The Morgan fingerprint density at radius 2 is 2.29 bits per heavy atom. The van der Waals surface area contributed by atoms with Crippen LogP contribution in [-0.4, -0.2) is 21.9 Å². The number of carbonyl (C=O) groups excluding carboxylic acids is 1. The lowest BCUT2D eigenvalue weighted by Gasteiger charge is -2.03. The third-order valence-corrected chi connectivity index (χ3v) is 4.86. The van der Waals surface area contributed by atoms with Crippen LogP contribution in [-0.2, 0) is 11.2 Å². The number of anilines is 1. The zero-order chi connectivity index (χ0) is 15.2. The van der Waals surface area contributed by atoms with Gasteiger partial charge in [0.25, 0.3) is 0 Å². The zero-order valence-corrected chi connectivity index (χ0v) is 14.3. The molecular formula is C15H17ClN2OS2. The molecule has 1 heterocycles. The number of aromatic nitrogens is 1. The Bertz CT molecular complexity index is 613. The molecule has 2 rings (SSSR count). The van der Waals surface area contributed by atoms with E-state index in [9.17, 15) is 4.79 Å². The van der Waals surface area contributed by atoms with Gasteiger partial charge in [0.1, 0.15) is 0 Å². The lowest BCUT2D eigenvalue weighted by atomic mass is 10.1. The van der Waals surface area contributed by atoms with E-state index in [-0.39, 0.29) is 5.91 Å². The minimum Gasteiger partial charge on any atom is -0.301 e. The normalized spacial score (nSPS) is 10.9. The number of rotatable bonds is 6. The summed E-state index contributed by atoms with van der Waals surface area (Å²) >= 11 is 9.09. The fourth-order valence-corrected chi connectivity index (χ4v) is 3.33. The lowest BCUT2D eigenvalue weighted by Crippen LogP contribution is -2.14. The standard InChI is InChI=1S/C15H17ClN2OS2/c1-10(2)20-9-14(19)18-15-17-8-13(21-15)7-11-4-3-5-12(16)6-11/h3-6,8,10H,7,9H2,1-2H3,(H,17,18,19). The first-order valence-corrected chi connectivity index (χ1v) is 8.88. The van der Waals surface area contributed by atoms with Crippen LogP contribution >= 0.6 is 34.7 Å². The summed E-state index contributed by atoms with van der Waals surface area (Å²) in [5.74, 6) is 0.457. The molecule has 0 aliphatic heterocycles. The largest absolute Gasteiger partial charge is 0.301 e. The van der Waals surface area contributed by atoms with Gasteiger partial charge in [-0.25, -0.2) is 4.98 Å². The highest BCUT2D eigenvalue weighted by atomic mass is 35.5. The van der Waals surface area contributed by atoms with Crippen LogP contribution < -0.4 is 5.32 Å². The van der Waals surface area contributed by atoms with E-state index in [0.717, 1.165) is 21.9 Å². The van der Waals surface area contributed by atoms with Crippen molar-refractivity contribution in [3.05, 3.63) is 45.9 Å². The summed E-state index contributed by atoms with van der Waals surface area (Å²) in [6, 6.07) is 7.77. The Hall–Kier alpha value is -1.04. The third-order valence-electron chi connectivity index (χ3n) is 2.62. The zero-order valence-electron chi connectivity index (χ0n) is 11.9. The SMILES string of the molecule is CC(C)SCC(=O)Nc1ncc(Cc2cccc(Cl)c2)s1. The summed E-state index contributed by atoms with van der Waals surface area (Å²) in [4.78, 5) is 17.1. The van der Waals surface area contributed by atoms with Crippen LogP contribution in [0.1, 0.15) is 24.3 Å². The Balaban J connectivity index is 1.91. The van der Waals surface area contributed by atoms with E-state index in [0.29, 0.717) is 16.1 Å². The second-order valence-corrected chi connectivity index (χ2v) is 7.96. The number of hydrogen-bond acceptors (Lipinski definition) is 4. The second kappa shape index (κ2) is 7.82. The molecule has 0 unspecified atom stereocenters. The Morgan fingerprint density at radius 3 is 3.00 bits per heavy atom. The van der Waals surface area contributed by atoms with E-state index in [1.165, 1.54) is 11.3 Å². The molecule has 0 saturated heterocycles. The van der Waals surface area contributed by atoms with Crippen molar-refractivity contribution in [2.24, 2.45) is 0 Å². The molecule has 0 aliphatic rings. The van der Waals surface area contributed by atoms with E-state index in [4.69, 9.17) is 11.6 Å².